The van der Waals surface area contributed by atoms with E-state index < -0.39 is 0 Å². The minimum atomic E-state index is -0.0991. The molecular weight excluding hydrogens is 342 g/mol. The van der Waals surface area contributed by atoms with E-state index in [-0.39, 0.29) is 24.3 Å². The largest absolute Gasteiger partial charge is 0.375 e. The number of benzene rings is 1. The van der Waals surface area contributed by atoms with E-state index in [1.807, 2.05) is 23.1 Å². The van der Waals surface area contributed by atoms with E-state index in [1.54, 1.807) is 4.90 Å². The van der Waals surface area contributed by atoms with Gasteiger partial charge in [-0.25, -0.2) is 0 Å². The molecule has 6 heteroatoms. The van der Waals surface area contributed by atoms with Crippen LogP contribution in [0.3, 0.4) is 0 Å². The normalized spacial score (nSPS) is 21.0. The summed E-state index contributed by atoms with van der Waals surface area (Å²) in [6.07, 6.45) is 3.54. The molecule has 0 N–H and O–H groups in total. The summed E-state index contributed by atoms with van der Waals surface area (Å²) in [5, 5.41) is 9.07. The lowest BCUT2D eigenvalue weighted by Gasteiger charge is -2.38. The quantitative estimate of drug-likeness (QED) is 0.815. The molecule has 0 saturated carbocycles. The van der Waals surface area contributed by atoms with E-state index in [0.29, 0.717) is 24.6 Å². The molecule has 2 heterocycles. The fraction of sp³-hybridized carbons (Fsp3) is 0.571. The van der Waals surface area contributed by atoms with Crippen molar-refractivity contribution in [2.75, 3.05) is 39.9 Å². The fourth-order valence-electron chi connectivity index (χ4n) is 4.17. The second kappa shape index (κ2) is 9.01. The van der Waals surface area contributed by atoms with Gasteiger partial charge in [-0.15, -0.1) is 0 Å². The Morgan fingerprint density at radius 1 is 1.19 bits per heavy atom. The van der Waals surface area contributed by atoms with Gasteiger partial charge in [-0.2, -0.15) is 5.26 Å². The van der Waals surface area contributed by atoms with Gasteiger partial charge < -0.3 is 14.5 Å². The molecular formula is C21H27N3O3. The smallest absolute Gasteiger partial charge is 0.248 e. The molecule has 0 aromatic heterocycles. The number of methoxy groups -OCH3 is 1. The summed E-state index contributed by atoms with van der Waals surface area (Å²) in [5.41, 5.74) is 1.88. The van der Waals surface area contributed by atoms with Gasteiger partial charge in [0, 0.05) is 33.3 Å². The van der Waals surface area contributed by atoms with E-state index in [0.717, 1.165) is 38.8 Å². The Balaban J connectivity index is 1.55. The number of likely N-dealkylation sites (tertiary alicyclic amines) is 2. The first-order valence-corrected chi connectivity index (χ1v) is 9.68. The van der Waals surface area contributed by atoms with E-state index >= 15 is 0 Å². The van der Waals surface area contributed by atoms with Gasteiger partial charge in [0.1, 0.15) is 6.61 Å². The van der Waals surface area contributed by atoms with Crippen molar-refractivity contribution in [1.82, 2.24) is 9.80 Å². The number of nitriles is 1. The molecule has 0 unspecified atom stereocenters. The SMILES string of the molecule is COCC(=O)N1CCC[C@@H](C(=O)N2CCC(c3cccc(C#N)c3)CC2)C1. The van der Waals surface area contributed by atoms with Crippen LogP contribution in [0.1, 0.15) is 42.7 Å². The number of nitrogens with zero attached hydrogens (tertiary/aromatic N) is 3. The lowest BCUT2D eigenvalue weighted by molar-refractivity contribution is -0.143. The van der Waals surface area contributed by atoms with E-state index in [1.165, 1.54) is 12.7 Å². The standard InChI is InChI=1S/C21H27N3O3/c1-27-15-20(25)24-9-3-6-19(14-24)21(26)23-10-7-17(8-11-23)18-5-2-4-16(12-18)13-22/h2,4-5,12,17,19H,3,6-11,14-15H2,1H3/t19-/m1/s1. The molecule has 0 radical (unpaired) electrons. The summed E-state index contributed by atoms with van der Waals surface area (Å²) in [7, 11) is 1.51. The van der Waals surface area contributed by atoms with Crippen molar-refractivity contribution in [3.8, 4) is 6.07 Å². The number of hydrogen-bond acceptors (Lipinski definition) is 4. The van der Waals surface area contributed by atoms with Crippen LogP contribution < -0.4 is 0 Å². The molecule has 2 aliphatic rings. The number of piperidine rings is 2. The van der Waals surface area contributed by atoms with Gasteiger partial charge in [-0.05, 0) is 49.3 Å². The Bertz CT molecular complexity index is 720. The monoisotopic (exact) mass is 369 g/mol. The van der Waals surface area contributed by atoms with Crippen LogP contribution in [0.25, 0.3) is 0 Å². The summed E-state index contributed by atoms with van der Waals surface area (Å²) in [6, 6.07) is 9.98. The minimum absolute atomic E-state index is 0.0360. The molecule has 0 aliphatic carbocycles. The summed E-state index contributed by atoms with van der Waals surface area (Å²) < 4.78 is 4.93. The van der Waals surface area contributed by atoms with E-state index in [2.05, 4.69) is 12.1 Å². The third kappa shape index (κ3) is 4.67. The summed E-state index contributed by atoms with van der Waals surface area (Å²) in [5.74, 6) is 0.437. The molecule has 2 saturated heterocycles. The topological polar surface area (TPSA) is 73.6 Å². The number of carbonyl (C=O) groups excluding carboxylic acids is 2. The lowest BCUT2D eigenvalue weighted by atomic mass is 9.87. The van der Waals surface area contributed by atoms with Gasteiger partial charge in [0.25, 0.3) is 0 Å². The molecule has 6 nitrogen and oxygen atoms in total. The van der Waals surface area contributed by atoms with Crippen molar-refractivity contribution in [2.45, 2.75) is 31.6 Å². The maximum Gasteiger partial charge on any atom is 0.248 e. The van der Waals surface area contributed by atoms with Gasteiger partial charge >= 0.3 is 0 Å². The molecule has 27 heavy (non-hydrogen) atoms. The van der Waals surface area contributed by atoms with Crippen molar-refractivity contribution in [1.29, 1.82) is 5.26 Å². The highest BCUT2D eigenvalue weighted by Crippen LogP contribution is 2.30. The highest BCUT2D eigenvalue weighted by Gasteiger charge is 2.33. The highest BCUT2D eigenvalue weighted by molar-refractivity contribution is 5.82. The summed E-state index contributed by atoms with van der Waals surface area (Å²) in [6.45, 7) is 2.77. The maximum absolute atomic E-state index is 12.9. The number of hydrogen-bond donors (Lipinski definition) is 0. The average Bonchev–Trinajstić information content (AvgIpc) is 2.73. The van der Waals surface area contributed by atoms with Crippen LogP contribution in [0.2, 0.25) is 0 Å². The lowest BCUT2D eigenvalue weighted by Crippen LogP contribution is -2.49. The molecule has 0 bridgehead atoms. The second-order valence-corrected chi connectivity index (χ2v) is 7.45. The molecule has 2 aliphatic heterocycles. The van der Waals surface area contributed by atoms with Crippen molar-refractivity contribution >= 4 is 11.8 Å². The molecule has 1 aromatic rings. The summed E-state index contributed by atoms with van der Waals surface area (Å²) >= 11 is 0. The van der Waals surface area contributed by atoms with Gasteiger partial charge in [0.2, 0.25) is 11.8 Å². The highest BCUT2D eigenvalue weighted by atomic mass is 16.5. The predicted octanol–water partition coefficient (Wildman–Crippen LogP) is 2.15. The predicted molar refractivity (Wildman–Crippen MR) is 101 cm³/mol. The minimum Gasteiger partial charge on any atom is -0.375 e. The Hall–Kier alpha value is -2.39. The van der Waals surface area contributed by atoms with Gasteiger partial charge in [-0.1, -0.05) is 12.1 Å². The van der Waals surface area contributed by atoms with E-state index in [4.69, 9.17) is 10.00 Å². The molecule has 1 atom stereocenters. The number of amides is 2. The Kier molecular flexibility index (Phi) is 6.46. The van der Waals surface area contributed by atoms with Crippen LogP contribution in [-0.4, -0.2) is 61.5 Å². The van der Waals surface area contributed by atoms with Crippen LogP contribution in [0.5, 0.6) is 0 Å². The first-order chi connectivity index (χ1) is 13.1. The first-order valence-electron chi connectivity index (χ1n) is 9.68. The Labute approximate surface area is 160 Å². The van der Waals surface area contributed by atoms with Crippen LogP contribution in [0, 0.1) is 17.2 Å². The molecule has 2 fully saturated rings. The zero-order valence-corrected chi connectivity index (χ0v) is 15.9. The fourth-order valence-corrected chi connectivity index (χ4v) is 4.17. The molecule has 3 rings (SSSR count). The average molecular weight is 369 g/mol. The first kappa shape index (κ1) is 19.4. The van der Waals surface area contributed by atoms with Crippen LogP contribution in [0.15, 0.2) is 24.3 Å². The zero-order chi connectivity index (χ0) is 19.2. The molecule has 144 valence electrons. The zero-order valence-electron chi connectivity index (χ0n) is 15.9. The molecule has 2 amide bonds. The molecule has 0 spiro atoms. The number of ether oxygens (including phenoxy) is 1. The third-order valence-corrected chi connectivity index (χ3v) is 5.68. The van der Waals surface area contributed by atoms with Crippen molar-refractivity contribution in [3.63, 3.8) is 0 Å². The Morgan fingerprint density at radius 3 is 2.67 bits per heavy atom. The van der Waals surface area contributed by atoms with Gasteiger partial charge in [0.15, 0.2) is 0 Å². The Morgan fingerprint density at radius 2 is 1.96 bits per heavy atom. The van der Waals surface area contributed by atoms with Crippen molar-refractivity contribution in [3.05, 3.63) is 35.4 Å². The van der Waals surface area contributed by atoms with Crippen LogP contribution >= 0.6 is 0 Å². The second-order valence-electron chi connectivity index (χ2n) is 7.45. The molecule has 1 aromatic carbocycles. The van der Waals surface area contributed by atoms with Crippen molar-refractivity contribution in [2.24, 2.45) is 5.92 Å². The van der Waals surface area contributed by atoms with Crippen LogP contribution in [0.4, 0.5) is 0 Å². The number of rotatable bonds is 4. The third-order valence-electron chi connectivity index (χ3n) is 5.68. The van der Waals surface area contributed by atoms with Crippen LogP contribution in [-0.2, 0) is 14.3 Å². The van der Waals surface area contributed by atoms with E-state index in [9.17, 15) is 9.59 Å². The number of carbonyl (C=O) groups is 2. The van der Waals surface area contributed by atoms with Crippen molar-refractivity contribution < 1.29 is 14.3 Å². The maximum atomic E-state index is 12.9. The van der Waals surface area contributed by atoms with Gasteiger partial charge in [-0.3, -0.25) is 9.59 Å². The summed E-state index contributed by atoms with van der Waals surface area (Å²) in [4.78, 5) is 28.7. The van der Waals surface area contributed by atoms with Gasteiger partial charge in [0.05, 0.1) is 17.6 Å².